The Labute approximate surface area is 132 Å². The van der Waals surface area contributed by atoms with Gasteiger partial charge >= 0.3 is 0 Å². The number of hydrogen-bond acceptors (Lipinski definition) is 3. The summed E-state index contributed by atoms with van der Waals surface area (Å²) in [6.45, 7) is 8.25. The van der Waals surface area contributed by atoms with Gasteiger partial charge in [-0.1, -0.05) is 36.4 Å². The summed E-state index contributed by atoms with van der Waals surface area (Å²) in [5.74, 6) is 0.942. The van der Waals surface area contributed by atoms with Gasteiger partial charge in [0, 0.05) is 37.6 Å². The largest absolute Gasteiger partial charge is 0.496 e. The Morgan fingerprint density at radius 3 is 2.59 bits per heavy atom. The van der Waals surface area contributed by atoms with Gasteiger partial charge in [0.05, 0.1) is 7.11 Å². The predicted octanol–water partition coefficient (Wildman–Crippen LogP) is 3.37. The molecule has 2 aromatic carbocycles. The highest BCUT2D eigenvalue weighted by molar-refractivity contribution is 5.91. The SMILES string of the molecule is C=CC[C@H](c1ccc(OC)c2ccccc12)N1CCNCC1. The summed E-state index contributed by atoms with van der Waals surface area (Å²) in [7, 11) is 1.74. The van der Waals surface area contributed by atoms with E-state index < -0.39 is 0 Å². The second-order valence-corrected chi connectivity index (χ2v) is 5.73. The van der Waals surface area contributed by atoms with Crippen molar-refractivity contribution in [2.45, 2.75) is 12.5 Å². The van der Waals surface area contributed by atoms with Crippen molar-refractivity contribution in [3.05, 3.63) is 54.6 Å². The van der Waals surface area contributed by atoms with Crippen LogP contribution in [0.5, 0.6) is 5.75 Å². The summed E-state index contributed by atoms with van der Waals surface area (Å²) < 4.78 is 5.52. The summed E-state index contributed by atoms with van der Waals surface area (Å²) >= 11 is 0. The number of fused-ring (bicyclic) bond motifs is 1. The normalized spacial score (nSPS) is 17.3. The number of benzene rings is 2. The molecule has 22 heavy (non-hydrogen) atoms. The molecule has 0 aliphatic carbocycles. The van der Waals surface area contributed by atoms with Gasteiger partial charge in [-0.05, 0) is 23.4 Å². The molecule has 0 spiro atoms. The zero-order chi connectivity index (χ0) is 15.4. The second kappa shape index (κ2) is 6.95. The first-order valence-electron chi connectivity index (χ1n) is 7.96. The van der Waals surface area contributed by atoms with E-state index in [1.54, 1.807) is 7.11 Å². The minimum Gasteiger partial charge on any atom is -0.496 e. The third kappa shape index (κ3) is 2.87. The fourth-order valence-electron chi connectivity index (χ4n) is 3.39. The lowest BCUT2D eigenvalue weighted by molar-refractivity contribution is 0.175. The Kier molecular flexibility index (Phi) is 4.76. The van der Waals surface area contributed by atoms with Crippen LogP contribution >= 0.6 is 0 Å². The fourth-order valence-corrected chi connectivity index (χ4v) is 3.39. The van der Waals surface area contributed by atoms with Crippen molar-refractivity contribution < 1.29 is 4.74 Å². The first-order chi connectivity index (χ1) is 10.8. The minimum absolute atomic E-state index is 0.385. The van der Waals surface area contributed by atoms with Gasteiger partial charge < -0.3 is 10.1 Å². The Balaban J connectivity index is 2.07. The lowest BCUT2D eigenvalue weighted by Gasteiger charge is -2.35. The molecular weight excluding hydrogens is 272 g/mol. The van der Waals surface area contributed by atoms with E-state index in [9.17, 15) is 0 Å². The van der Waals surface area contributed by atoms with Gasteiger partial charge in [0.25, 0.3) is 0 Å². The molecule has 2 aromatic rings. The molecule has 3 nitrogen and oxygen atoms in total. The Morgan fingerprint density at radius 2 is 1.91 bits per heavy atom. The van der Waals surface area contributed by atoms with E-state index >= 15 is 0 Å². The Bertz CT molecular complexity index is 647. The summed E-state index contributed by atoms with van der Waals surface area (Å²) in [5, 5.41) is 5.90. The van der Waals surface area contributed by atoms with Crippen molar-refractivity contribution in [1.29, 1.82) is 0 Å². The van der Waals surface area contributed by atoms with Crippen LogP contribution in [0.4, 0.5) is 0 Å². The average Bonchev–Trinajstić information content (AvgIpc) is 2.60. The van der Waals surface area contributed by atoms with E-state index in [1.165, 1.54) is 16.3 Å². The number of piperazine rings is 1. The van der Waals surface area contributed by atoms with E-state index in [-0.39, 0.29) is 0 Å². The molecule has 0 bridgehead atoms. The van der Waals surface area contributed by atoms with Crippen LogP contribution in [0.15, 0.2) is 49.1 Å². The average molecular weight is 296 g/mol. The van der Waals surface area contributed by atoms with Crippen LogP contribution in [0.25, 0.3) is 10.8 Å². The van der Waals surface area contributed by atoms with Crippen molar-refractivity contribution in [1.82, 2.24) is 10.2 Å². The maximum atomic E-state index is 5.52. The fraction of sp³-hybridized carbons (Fsp3) is 0.368. The van der Waals surface area contributed by atoms with E-state index in [4.69, 9.17) is 4.74 Å². The number of ether oxygens (including phenoxy) is 1. The Hall–Kier alpha value is -1.84. The van der Waals surface area contributed by atoms with Crippen molar-refractivity contribution in [3.63, 3.8) is 0 Å². The summed E-state index contributed by atoms with van der Waals surface area (Å²) in [6, 6.07) is 13.2. The van der Waals surface area contributed by atoms with E-state index in [0.29, 0.717) is 6.04 Å². The quantitative estimate of drug-likeness (QED) is 0.856. The zero-order valence-electron chi connectivity index (χ0n) is 13.2. The van der Waals surface area contributed by atoms with E-state index in [1.807, 2.05) is 6.08 Å². The van der Waals surface area contributed by atoms with Gasteiger partial charge in [0.1, 0.15) is 5.75 Å². The van der Waals surface area contributed by atoms with Crippen molar-refractivity contribution in [2.24, 2.45) is 0 Å². The zero-order valence-corrected chi connectivity index (χ0v) is 13.2. The van der Waals surface area contributed by atoms with Crippen molar-refractivity contribution in [3.8, 4) is 5.75 Å². The molecule has 0 radical (unpaired) electrons. The monoisotopic (exact) mass is 296 g/mol. The third-order valence-electron chi connectivity index (χ3n) is 4.48. The maximum Gasteiger partial charge on any atom is 0.126 e. The van der Waals surface area contributed by atoms with Gasteiger partial charge in [0.2, 0.25) is 0 Å². The topological polar surface area (TPSA) is 24.5 Å². The number of methoxy groups -OCH3 is 1. The molecule has 0 saturated carbocycles. The number of rotatable bonds is 5. The van der Waals surface area contributed by atoms with Crippen LogP contribution < -0.4 is 10.1 Å². The molecule has 1 atom stereocenters. The van der Waals surface area contributed by atoms with Crippen molar-refractivity contribution in [2.75, 3.05) is 33.3 Å². The van der Waals surface area contributed by atoms with Crippen LogP contribution in [0.1, 0.15) is 18.0 Å². The summed E-state index contributed by atoms with van der Waals surface area (Å²) in [4.78, 5) is 2.56. The van der Waals surface area contributed by atoms with Gasteiger partial charge in [-0.25, -0.2) is 0 Å². The number of hydrogen-bond donors (Lipinski definition) is 1. The molecule has 1 fully saturated rings. The highest BCUT2D eigenvalue weighted by Gasteiger charge is 2.23. The number of nitrogens with zero attached hydrogens (tertiary/aromatic N) is 1. The van der Waals surface area contributed by atoms with Crippen LogP contribution in [-0.4, -0.2) is 38.2 Å². The van der Waals surface area contributed by atoms with Crippen LogP contribution in [0.3, 0.4) is 0 Å². The minimum atomic E-state index is 0.385. The molecule has 0 aromatic heterocycles. The lowest BCUT2D eigenvalue weighted by Crippen LogP contribution is -2.45. The molecular formula is C19H24N2O. The highest BCUT2D eigenvalue weighted by Crippen LogP contribution is 2.35. The third-order valence-corrected chi connectivity index (χ3v) is 4.48. The van der Waals surface area contributed by atoms with Gasteiger partial charge in [-0.2, -0.15) is 0 Å². The summed E-state index contributed by atoms with van der Waals surface area (Å²) in [6.07, 6.45) is 3.00. The van der Waals surface area contributed by atoms with Crippen LogP contribution in [-0.2, 0) is 0 Å². The molecule has 0 amide bonds. The smallest absolute Gasteiger partial charge is 0.126 e. The molecule has 116 valence electrons. The molecule has 1 aliphatic heterocycles. The standard InChI is InChI=1S/C19H24N2O/c1-3-6-18(21-13-11-20-12-14-21)16-9-10-19(22-2)17-8-5-4-7-15(16)17/h3-5,7-10,18,20H,1,6,11-14H2,2H3/t18-/m1/s1. The van der Waals surface area contributed by atoms with Gasteiger partial charge in [-0.3, -0.25) is 4.90 Å². The first kappa shape index (κ1) is 15.1. The maximum absolute atomic E-state index is 5.52. The van der Waals surface area contributed by atoms with Crippen LogP contribution in [0, 0.1) is 0 Å². The predicted molar refractivity (Wildman–Crippen MR) is 92.5 cm³/mol. The molecule has 1 N–H and O–H groups in total. The molecule has 3 heteroatoms. The van der Waals surface area contributed by atoms with Gasteiger partial charge in [-0.15, -0.1) is 6.58 Å². The Morgan fingerprint density at radius 1 is 1.18 bits per heavy atom. The van der Waals surface area contributed by atoms with E-state index in [2.05, 4.69) is 53.2 Å². The molecule has 3 rings (SSSR count). The van der Waals surface area contributed by atoms with Gasteiger partial charge in [0.15, 0.2) is 0 Å². The lowest BCUT2D eigenvalue weighted by atomic mass is 9.94. The summed E-state index contributed by atoms with van der Waals surface area (Å²) in [5.41, 5.74) is 1.37. The van der Waals surface area contributed by atoms with Crippen molar-refractivity contribution >= 4 is 10.8 Å². The molecule has 0 unspecified atom stereocenters. The molecule has 1 saturated heterocycles. The first-order valence-corrected chi connectivity index (χ1v) is 7.96. The highest BCUT2D eigenvalue weighted by atomic mass is 16.5. The molecule has 1 aliphatic rings. The van der Waals surface area contributed by atoms with E-state index in [0.717, 1.165) is 38.3 Å². The second-order valence-electron chi connectivity index (χ2n) is 5.73. The van der Waals surface area contributed by atoms with Crippen LogP contribution in [0.2, 0.25) is 0 Å². The number of nitrogens with one attached hydrogen (secondary N) is 1. The molecule has 1 heterocycles.